The zero-order valence-corrected chi connectivity index (χ0v) is 48.4. The van der Waals surface area contributed by atoms with E-state index >= 15 is 0 Å². The summed E-state index contributed by atoms with van der Waals surface area (Å²) in [6.07, 6.45) is 22.2. The molecule has 0 nitrogen and oxygen atoms in total. The van der Waals surface area contributed by atoms with Crippen LogP contribution in [0.15, 0.2) is 109 Å². The van der Waals surface area contributed by atoms with Crippen molar-refractivity contribution in [2.24, 2.45) is 10.8 Å². The van der Waals surface area contributed by atoms with Gasteiger partial charge in [-0.25, -0.2) is 0 Å². The van der Waals surface area contributed by atoms with E-state index in [2.05, 4.69) is 175 Å². The zero-order valence-electron chi connectivity index (χ0n) is 41.5. The van der Waals surface area contributed by atoms with Gasteiger partial charge in [0, 0.05) is 9.52 Å². The number of benzene rings is 4. The summed E-state index contributed by atoms with van der Waals surface area (Å²) in [6.45, 7) is 23.7. The summed E-state index contributed by atoms with van der Waals surface area (Å²) in [7, 11) is 8.45. The Hall–Kier alpha value is -1.79. The van der Waals surface area contributed by atoms with Gasteiger partial charge in [-0.05, 0) is 60.5 Å². The maximum absolute atomic E-state index is 4.93. The molecule has 0 aromatic heterocycles. The molecule has 2 saturated carbocycles. The average Bonchev–Trinajstić information content (AvgIpc) is 3.70. The molecule has 0 aliphatic heterocycles. The molecule has 0 N–H and O–H groups in total. The van der Waals surface area contributed by atoms with E-state index in [1.807, 2.05) is 0 Å². The second-order valence-corrected chi connectivity index (χ2v) is 36.3. The first-order valence-electron chi connectivity index (χ1n) is 24.8. The molecule has 6 heteroatoms. The Morgan fingerprint density at radius 2 is 0.828 bits per heavy atom. The van der Waals surface area contributed by atoms with Crippen molar-refractivity contribution >= 4 is 74.6 Å². The molecule has 0 bridgehead atoms. The predicted octanol–water partition coefficient (Wildman–Crippen LogP) is 18.3. The molecule has 0 atom stereocenters. The summed E-state index contributed by atoms with van der Waals surface area (Å²) in [4.78, 5) is 0. The summed E-state index contributed by atoms with van der Waals surface area (Å²) >= 11 is -0.826. The van der Waals surface area contributed by atoms with Crippen LogP contribution in [0.1, 0.15) is 115 Å². The fraction of sp³-hybridized carbons (Fsp3) is 0.483. The second-order valence-electron chi connectivity index (χ2n) is 21.5. The third-order valence-corrected chi connectivity index (χ3v) is 18.9. The molecule has 64 heavy (non-hydrogen) atoms. The van der Waals surface area contributed by atoms with Gasteiger partial charge >= 0.3 is 37.9 Å². The summed E-state index contributed by atoms with van der Waals surface area (Å²) in [5.41, 5.74) is 9.65. The first-order valence-corrected chi connectivity index (χ1v) is 40.1. The van der Waals surface area contributed by atoms with Gasteiger partial charge in [0.1, 0.15) is 0 Å². The summed E-state index contributed by atoms with van der Waals surface area (Å²) in [6, 6.07) is 42.4. The van der Waals surface area contributed by atoms with E-state index in [9.17, 15) is 0 Å². The van der Waals surface area contributed by atoms with Crippen molar-refractivity contribution in [3.8, 4) is 22.3 Å². The van der Waals surface area contributed by atoms with Gasteiger partial charge < -0.3 is 0 Å². The van der Waals surface area contributed by atoms with Crippen LogP contribution < -0.4 is 10.4 Å². The Kier molecular flexibility index (Phi) is 20.8. The van der Waals surface area contributed by atoms with Crippen LogP contribution in [0.5, 0.6) is 0 Å². The molecule has 0 amide bonds. The number of hydrogen-bond donors (Lipinski definition) is 0. The molecular formula is C58H80Cl2Si3Zr. The van der Waals surface area contributed by atoms with Crippen molar-refractivity contribution in [3.05, 3.63) is 120 Å². The molecule has 6 aromatic carbocycles. The zero-order chi connectivity index (χ0) is 46.4. The quantitative estimate of drug-likeness (QED) is 0.0729. The molecule has 2 radical (unpaired) electrons. The van der Waals surface area contributed by atoms with Gasteiger partial charge in [-0.15, -0.1) is 69.1 Å². The predicted molar refractivity (Wildman–Crippen MR) is 293 cm³/mol. The van der Waals surface area contributed by atoms with Gasteiger partial charge in [-0.2, -0.15) is 12.1 Å². The van der Waals surface area contributed by atoms with E-state index in [1.165, 1.54) is 157 Å². The monoisotopic (exact) mass is 1020 g/mol. The summed E-state index contributed by atoms with van der Waals surface area (Å²) < 4.78 is 0. The van der Waals surface area contributed by atoms with Crippen LogP contribution in [0, 0.1) is 10.8 Å². The van der Waals surface area contributed by atoms with Gasteiger partial charge in [0.05, 0.1) is 16.1 Å². The van der Waals surface area contributed by atoms with Gasteiger partial charge in [-0.1, -0.05) is 213 Å². The van der Waals surface area contributed by atoms with E-state index in [-0.39, 0.29) is 0 Å². The molecule has 2 aliphatic rings. The van der Waals surface area contributed by atoms with Gasteiger partial charge in [-0.3, -0.25) is 0 Å². The Labute approximate surface area is 414 Å². The SMILES string of the molecule is CCC1(Cc2cc3c(-c4ccc([Si](C)(C)C)cc4)cccc3[cH-]2)CCCCCC1.CCC1(Cc2cc3c(-c4ccc([Si](C)(C)C)cc4)cccc3[cH-]2)CCCCCC1.C[Si]C.[Cl][Zr+2][Cl]. The first kappa shape index (κ1) is 53.2. The van der Waals surface area contributed by atoms with Gasteiger partial charge in [0.15, 0.2) is 0 Å². The fourth-order valence-electron chi connectivity index (χ4n) is 10.7. The number of rotatable bonds is 10. The van der Waals surface area contributed by atoms with Crippen molar-refractivity contribution in [2.75, 3.05) is 0 Å². The maximum atomic E-state index is 4.93. The third-order valence-electron chi connectivity index (χ3n) is 14.7. The van der Waals surface area contributed by atoms with Gasteiger partial charge in [0.2, 0.25) is 0 Å². The van der Waals surface area contributed by atoms with E-state index in [0.29, 0.717) is 10.8 Å². The second kappa shape index (κ2) is 25.0. The van der Waals surface area contributed by atoms with E-state index in [0.717, 1.165) is 9.52 Å². The molecule has 8 rings (SSSR count). The average molecular weight is 1020 g/mol. The minimum atomic E-state index is -1.25. The van der Waals surface area contributed by atoms with Crippen LogP contribution in [-0.4, -0.2) is 25.7 Å². The minimum absolute atomic E-state index is 0.528. The Morgan fingerprint density at radius 3 is 1.11 bits per heavy atom. The number of fused-ring (bicyclic) bond motifs is 2. The topological polar surface area (TPSA) is 0 Å². The van der Waals surface area contributed by atoms with Crippen molar-refractivity contribution in [3.63, 3.8) is 0 Å². The molecule has 0 saturated heterocycles. The van der Waals surface area contributed by atoms with Crippen LogP contribution in [0.2, 0.25) is 52.4 Å². The van der Waals surface area contributed by atoms with Crippen molar-refractivity contribution in [1.82, 2.24) is 0 Å². The van der Waals surface area contributed by atoms with E-state index < -0.39 is 37.0 Å². The summed E-state index contributed by atoms with van der Waals surface area (Å²) in [5.74, 6) is 0. The molecule has 2 aliphatic carbocycles. The standard InChI is InChI=1S/2C28H37Si.C2H6Si.2ClH.Zr/c2*1-5-28(17-8-6-7-9-18-28)21-22-19-24-11-10-12-26(27(24)20-22)23-13-15-25(16-14-23)29(2,3)4;1-3-2;;;/h2*10-16,19-20H,5-9,17-18,21H2,1-4H3;1-2H3;2*1H;/q2*-1;;;;+4/p-2. The Morgan fingerprint density at radius 1 is 0.516 bits per heavy atom. The molecule has 0 spiro atoms. The fourth-order valence-corrected chi connectivity index (χ4v) is 13.1. The van der Waals surface area contributed by atoms with Gasteiger partial charge in [0.25, 0.3) is 0 Å². The van der Waals surface area contributed by atoms with E-state index in [4.69, 9.17) is 17.0 Å². The van der Waals surface area contributed by atoms with Crippen LogP contribution in [0.3, 0.4) is 0 Å². The third kappa shape index (κ3) is 14.6. The number of hydrogen-bond acceptors (Lipinski definition) is 0. The molecule has 0 heterocycles. The Bertz CT molecular complexity index is 2110. The van der Waals surface area contributed by atoms with E-state index in [1.54, 1.807) is 11.1 Å². The van der Waals surface area contributed by atoms with Crippen LogP contribution in [0.25, 0.3) is 43.8 Å². The van der Waals surface area contributed by atoms with Crippen molar-refractivity contribution < 1.29 is 20.8 Å². The summed E-state index contributed by atoms with van der Waals surface area (Å²) in [5, 5.41) is 8.76. The normalized spacial score (nSPS) is 16.2. The molecule has 0 unspecified atom stereocenters. The molecular weight excluding hydrogens is 943 g/mol. The molecule has 2 fully saturated rings. The first-order chi connectivity index (χ1) is 30.6. The van der Waals surface area contributed by atoms with Crippen LogP contribution in [0.4, 0.5) is 0 Å². The molecule has 342 valence electrons. The number of halogens is 2. The Balaban J connectivity index is 0.000000215. The van der Waals surface area contributed by atoms with Crippen molar-refractivity contribution in [1.29, 1.82) is 0 Å². The molecule has 6 aromatic rings. The van der Waals surface area contributed by atoms with Crippen LogP contribution in [-0.2, 0) is 33.7 Å². The van der Waals surface area contributed by atoms with Crippen LogP contribution >= 0.6 is 17.0 Å². The van der Waals surface area contributed by atoms with Crippen molar-refractivity contribution in [2.45, 2.75) is 169 Å².